The highest BCUT2D eigenvalue weighted by Crippen LogP contribution is 2.29. The molecule has 0 aliphatic carbocycles. The van der Waals surface area contributed by atoms with Crippen molar-refractivity contribution < 1.29 is 0 Å². The van der Waals surface area contributed by atoms with E-state index in [1.54, 1.807) is 0 Å². The Balaban J connectivity index is 2.05. The number of aryl methyl sites for hydroxylation is 1. The zero-order valence-corrected chi connectivity index (χ0v) is 14.7. The molecule has 118 valence electrons. The van der Waals surface area contributed by atoms with Gasteiger partial charge in [0.2, 0.25) is 0 Å². The lowest BCUT2D eigenvalue weighted by atomic mass is 9.88. The van der Waals surface area contributed by atoms with Gasteiger partial charge in [-0.25, -0.2) is 0 Å². The number of nitrogens with one attached hydrogen (secondary N) is 1. The summed E-state index contributed by atoms with van der Waals surface area (Å²) in [6.07, 6.45) is 1.31. The first kappa shape index (κ1) is 16.4. The van der Waals surface area contributed by atoms with Crippen molar-refractivity contribution in [1.29, 1.82) is 0 Å². The Morgan fingerprint density at radius 3 is 2.48 bits per heavy atom. The molecule has 1 saturated heterocycles. The highest BCUT2D eigenvalue weighted by atomic mass is 15.1. The molecule has 1 heterocycles. The Bertz CT molecular complexity index is 473. The molecule has 2 rings (SSSR count). The van der Waals surface area contributed by atoms with Crippen LogP contribution in [-0.2, 0) is 6.54 Å². The Kier molecular flexibility index (Phi) is 4.98. The van der Waals surface area contributed by atoms with Crippen molar-refractivity contribution in [2.45, 2.75) is 60.0 Å². The minimum absolute atomic E-state index is 0.172. The van der Waals surface area contributed by atoms with Gasteiger partial charge in [0.05, 0.1) is 0 Å². The van der Waals surface area contributed by atoms with Crippen molar-refractivity contribution in [1.82, 2.24) is 5.32 Å². The molecule has 1 fully saturated rings. The molecule has 0 saturated carbocycles. The standard InChI is InChI=1S/C19H32N2/c1-14-9-10-21(13-16(14)3)18-8-7-17(11-15(18)2)12-20-19(4,5)6/h7-8,11,14,16,20H,9-10,12-13H2,1-6H3. The van der Waals surface area contributed by atoms with Crippen molar-refractivity contribution in [2.24, 2.45) is 11.8 Å². The molecule has 2 heteroatoms. The van der Waals surface area contributed by atoms with Crippen molar-refractivity contribution >= 4 is 5.69 Å². The highest BCUT2D eigenvalue weighted by Gasteiger charge is 2.23. The van der Waals surface area contributed by atoms with Crippen LogP contribution in [-0.4, -0.2) is 18.6 Å². The highest BCUT2D eigenvalue weighted by molar-refractivity contribution is 5.54. The van der Waals surface area contributed by atoms with Gasteiger partial charge in [-0.1, -0.05) is 26.0 Å². The summed E-state index contributed by atoms with van der Waals surface area (Å²) in [4.78, 5) is 2.57. The maximum Gasteiger partial charge on any atom is 0.0396 e. The van der Waals surface area contributed by atoms with Gasteiger partial charge in [-0.3, -0.25) is 0 Å². The summed E-state index contributed by atoms with van der Waals surface area (Å²) in [5, 5.41) is 3.56. The third-order valence-electron chi connectivity index (χ3n) is 4.76. The molecule has 0 bridgehead atoms. The van der Waals surface area contributed by atoms with E-state index in [2.05, 4.69) is 70.0 Å². The van der Waals surface area contributed by atoms with E-state index in [9.17, 15) is 0 Å². The molecule has 1 aromatic carbocycles. The first-order chi connectivity index (χ1) is 9.76. The van der Waals surface area contributed by atoms with Crippen LogP contribution in [0.1, 0.15) is 52.2 Å². The molecule has 1 aliphatic heterocycles. The maximum atomic E-state index is 3.56. The number of nitrogens with zero attached hydrogens (tertiary/aromatic N) is 1. The van der Waals surface area contributed by atoms with Crippen LogP contribution in [0.5, 0.6) is 0 Å². The summed E-state index contributed by atoms with van der Waals surface area (Å²) >= 11 is 0. The number of anilines is 1. The van der Waals surface area contributed by atoms with Crippen LogP contribution in [0.3, 0.4) is 0 Å². The van der Waals surface area contributed by atoms with E-state index in [-0.39, 0.29) is 5.54 Å². The van der Waals surface area contributed by atoms with E-state index in [0.717, 1.165) is 18.4 Å². The second-order valence-corrected chi connectivity index (χ2v) is 7.91. The first-order valence-electron chi connectivity index (χ1n) is 8.36. The van der Waals surface area contributed by atoms with Gasteiger partial charge in [0.1, 0.15) is 0 Å². The van der Waals surface area contributed by atoms with E-state index in [4.69, 9.17) is 0 Å². The first-order valence-corrected chi connectivity index (χ1v) is 8.36. The molecule has 1 aliphatic rings. The van der Waals surface area contributed by atoms with E-state index in [0.29, 0.717) is 0 Å². The Hall–Kier alpha value is -1.02. The van der Waals surface area contributed by atoms with Gasteiger partial charge in [-0.15, -0.1) is 0 Å². The summed E-state index contributed by atoms with van der Waals surface area (Å²) in [6.45, 7) is 17.0. The second-order valence-electron chi connectivity index (χ2n) is 7.91. The Labute approximate surface area is 130 Å². The van der Waals surface area contributed by atoms with E-state index >= 15 is 0 Å². The summed E-state index contributed by atoms with van der Waals surface area (Å²) in [6, 6.07) is 6.94. The van der Waals surface area contributed by atoms with Gasteiger partial charge in [-0.2, -0.15) is 0 Å². The number of hydrogen-bond acceptors (Lipinski definition) is 2. The lowest BCUT2D eigenvalue weighted by Gasteiger charge is -2.37. The fraction of sp³-hybridized carbons (Fsp3) is 0.684. The average Bonchev–Trinajstić information content (AvgIpc) is 2.39. The topological polar surface area (TPSA) is 15.3 Å². The summed E-state index contributed by atoms with van der Waals surface area (Å²) in [7, 11) is 0. The molecule has 0 radical (unpaired) electrons. The maximum absolute atomic E-state index is 3.56. The van der Waals surface area contributed by atoms with Gasteiger partial charge >= 0.3 is 0 Å². The number of rotatable bonds is 3. The normalized spacial score (nSPS) is 23.4. The molecule has 1 aromatic rings. The van der Waals surface area contributed by atoms with Crippen molar-refractivity contribution in [2.75, 3.05) is 18.0 Å². The van der Waals surface area contributed by atoms with Crippen LogP contribution in [0.25, 0.3) is 0 Å². The zero-order chi connectivity index (χ0) is 15.6. The van der Waals surface area contributed by atoms with Crippen LogP contribution in [0.15, 0.2) is 18.2 Å². The lowest BCUT2D eigenvalue weighted by molar-refractivity contribution is 0.323. The Morgan fingerprint density at radius 1 is 1.19 bits per heavy atom. The van der Waals surface area contributed by atoms with Gasteiger partial charge in [0.15, 0.2) is 0 Å². The fourth-order valence-electron chi connectivity index (χ4n) is 3.03. The second kappa shape index (κ2) is 6.39. The van der Waals surface area contributed by atoms with Crippen LogP contribution < -0.4 is 10.2 Å². The van der Waals surface area contributed by atoms with Crippen molar-refractivity contribution in [3.05, 3.63) is 29.3 Å². The predicted molar refractivity (Wildman–Crippen MR) is 92.9 cm³/mol. The molecule has 2 unspecified atom stereocenters. The number of benzene rings is 1. The van der Waals surface area contributed by atoms with Gasteiger partial charge in [0, 0.05) is 30.9 Å². The van der Waals surface area contributed by atoms with Gasteiger partial charge in [-0.05, 0) is 63.1 Å². The van der Waals surface area contributed by atoms with E-state index in [1.807, 2.05) is 0 Å². The monoisotopic (exact) mass is 288 g/mol. The van der Waals surface area contributed by atoms with Crippen molar-refractivity contribution in [3.63, 3.8) is 0 Å². The molecule has 0 amide bonds. The largest absolute Gasteiger partial charge is 0.371 e. The molecule has 2 nitrogen and oxygen atoms in total. The molecule has 2 atom stereocenters. The third-order valence-corrected chi connectivity index (χ3v) is 4.76. The van der Waals surface area contributed by atoms with E-state index in [1.165, 1.54) is 36.3 Å². The summed E-state index contributed by atoms with van der Waals surface area (Å²) < 4.78 is 0. The zero-order valence-electron chi connectivity index (χ0n) is 14.7. The summed E-state index contributed by atoms with van der Waals surface area (Å²) in [5.41, 5.74) is 4.38. The smallest absolute Gasteiger partial charge is 0.0396 e. The SMILES string of the molecule is Cc1cc(CNC(C)(C)C)ccc1N1CCC(C)C(C)C1. The van der Waals surface area contributed by atoms with Gasteiger partial charge < -0.3 is 10.2 Å². The third kappa shape index (κ3) is 4.47. The minimum Gasteiger partial charge on any atom is -0.371 e. The van der Waals surface area contributed by atoms with Gasteiger partial charge in [0.25, 0.3) is 0 Å². The molecule has 1 N–H and O–H groups in total. The van der Waals surface area contributed by atoms with Crippen molar-refractivity contribution in [3.8, 4) is 0 Å². The molecule has 0 aromatic heterocycles. The van der Waals surface area contributed by atoms with E-state index < -0.39 is 0 Å². The number of piperidine rings is 1. The lowest BCUT2D eigenvalue weighted by Crippen LogP contribution is -2.38. The van der Waals surface area contributed by atoms with Crippen LogP contribution in [0.4, 0.5) is 5.69 Å². The molecular weight excluding hydrogens is 256 g/mol. The molecule has 0 spiro atoms. The van der Waals surface area contributed by atoms with Crippen LogP contribution in [0.2, 0.25) is 0 Å². The molecular formula is C19H32N2. The predicted octanol–water partition coefficient (Wildman–Crippen LogP) is 4.37. The number of hydrogen-bond donors (Lipinski definition) is 1. The van der Waals surface area contributed by atoms with Crippen LogP contribution >= 0.6 is 0 Å². The molecule has 21 heavy (non-hydrogen) atoms. The quantitative estimate of drug-likeness (QED) is 0.888. The Morgan fingerprint density at radius 2 is 1.90 bits per heavy atom. The van der Waals surface area contributed by atoms with Crippen LogP contribution in [0, 0.1) is 18.8 Å². The fourth-order valence-corrected chi connectivity index (χ4v) is 3.03. The minimum atomic E-state index is 0.172. The average molecular weight is 288 g/mol. The summed E-state index contributed by atoms with van der Waals surface area (Å²) in [5.74, 6) is 1.65.